The van der Waals surface area contributed by atoms with Crippen LogP contribution in [-0.2, 0) is 16.6 Å². The lowest BCUT2D eigenvalue weighted by atomic mass is 9.86. The first-order chi connectivity index (χ1) is 7.95. The van der Waals surface area contributed by atoms with Crippen molar-refractivity contribution < 1.29 is 4.79 Å². The molecule has 2 rings (SSSR count). The van der Waals surface area contributed by atoms with E-state index in [0.717, 1.165) is 25.7 Å². The normalized spacial score (nSPS) is 21.8. The highest BCUT2D eigenvalue weighted by molar-refractivity contribution is 7.09. The third kappa shape index (κ3) is 3.38. The van der Waals surface area contributed by atoms with Crippen LogP contribution in [-0.4, -0.2) is 10.8 Å². The summed E-state index contributed by atoms with van der Waals surface area (Å²) in [7, 11) is 0. The number of nitrogens with zero attached hydrogens (tertiary/aromatic N) is 1. The number of carbonyl (C=O) groups excluding carboxylic acids is 1. The van der Waals surface area contributed by atoms with E-state index in [1.165, 1.54) is 17.1 Å². The molecule has 2 nitrogen and oxygen atoms in total. The molecule has 0 N–H and O–H groups in total. The molecular weight excluding hydrogens is 230 g/mol. The van der Waals surface area contributed by atoms with Gasteiger partial charge in [-0.2, -0.15) is 0 Å². The summed E-state index contributed by atoms with van der Waals surface area (Å²) in [6.07, 6.45) is 4.82. The fourth-order valence-electron chi connectivity index (χ4n) is 2.28. The van der Waals surface area contributed by atoms with E-state index in [1.54, 1.807) is 11.3 Å². The lowest BCUT2D eigenvalue weighted by Gasteiger charge is -2.19. The molecule has 94 valence electrons. The van der Waals surface area contributed by atoms with Crippen LogP contribution in [0.5, 0.6) is 0 Å². The maximum atomic E-state index is 11.4. The van der Waals surface area contributed by atoms with Crippen molar-refractivity contribution in [2.24, 2.45) is 5.92 Å². The predicted octanol–water partition coefficient (Wildman–Crippen LogP) is 3.74. The van der Waals surface area contributed by atoms with Crippen LogP contribution in [0.2, 0.25) is 0 Å². The lowest BCUT2D eigenvalue weighted by Crippen LogP contribution is -2.17. The third-order valence-corrected chi connectivity index (χ3v) is 4.24. The quantitative estimate of drug-likeness (QED) is 0.801. The highest BCUT2D eigenvalue weighted by Crippen LogP contribution is 2.29. The number of carbonyl (C=O) groups is 1. The van der Waals surface area contributed by atoms with Crippen molar-refractivity contribution in [3.63, 3.8) is 0 Å². The van der Waals surface area contributed by atoms with Crippen molar-refractivity contribution in [2.75, 3.05) is 0 Å². The Hall–Kier alpha value is -0.700. The molecule has 1 aromatic heterocycles. The van der Waals surface area contributed by atoms with Gasteiger partial charge in [0.15, 0.2) is 0 Å². The van der Waals surface area contributed by atoms with Gasteiger partial charge >= 0.3 is 0 Å². The molecule has 1 aliphatic carbocycles. The van der Waals surface area contributed by atoms with Crippen molar-refractivity contribution in [1.29, 1.82) is 0 Å². The van der Waals surface area contributed by atoms with Gasteiger partial charge in [0.05, 0.1) is 10.7 Å². The molecule has 1 saturated carbocycles. The van der Waals surface area contributed by atoms with E-state index in [4.69, 9.17) is 4.98 Å². The molecule has 17 heavy (non-hydrogen) atoms. The first-order valence-corrected chi connectivity index (χ1v) is 7.29. The molecule has 0 bridgehead atoms. The molecule has 0 spiro atoms. The molecule has 1 unspecified atom stereocenters. The fourth-order valence-corrected chi connectivity index (χ4v) is 3.42. The Kier molecular flexibility index (Phi) is 3.67. The molecule has 3 heteroatoms. The lowest BCUT2D eigenvalue weighted by molar-refractivity contribution is -0.121. The fraction of sp³-hybridized carbons (Fsp3) is 0.714. The number of ketones is 1. The SMILES string of the molecule is CC(C)(C)c1csc(CC2CCCC(=O)C2)n1. The maximum Gasteiger partial charge on any atom is 0.133 e. The van der Waals surface area contributed by atoms with E-state index in [-0.39, 0.29) is 5.41 Å². The summed E-state index contributed by atoms with van der Waals surface area (Å²) in [5, 5.41) is 3.37. The van der Waals surface area contributed by atoms with Crippen LogP contribution in [0.1, 0.15) is 57.2 Å². The Morgan fingerprint density at radius 1 is 1.47 bits per heavy atom. The number of hydrogen-bond donors (Lipinski definition) is 0. The number of thiazole rings is 1. The maximum absolute atomic E-state index is 11.4. The van der Waals surface area contributed by atoms with Gasteiger partial charge in [-0.15, -0.1) is 11.3 Å². The van der Waals surface area contributed by atoms with Crippen LogP contribution in [0, 0.1) is 5.92 Å². The summed E-state index contributed by atoms with van der Waals surface area (Å²) in [5.41, 5.74) is 1.32. The van der Waals surface area contributed by atoms with Crippen LogP contribution in [0.3, 0.4) is 0 Å². The van der Waals surface area contributed by atoms with E-state index in [2.05, 4.69) is 26.2 Å². The molecule has 0 amide bonds. The second-order valence-corrected chi connectivity index (χ2v) is 7.02. The van der Waals surface area contributed by atoms with Crippen LogP contribution < -0.4 is 0 Å². The largest absolute Gasteiger partial charge is 0.300 e. The topological polar surface area (TPSA) is 30.0 Å². The molecule has 1 heterocycles. The van der Waals surface area contributed by atoms with E-state index in [1.807, 2.05) is 0 Å². The molecule has 1 aliphatic rings. The molecule has 1 atom stereocenters. The van der Waals surface area contributed by atoms with Crippen molar-refractivity contribution >= 4 is 17.1 Å². The second kappa shape index (κ2) is 4.89. The molecule has 1 fully saturated rings. The molecule has 1 aromatic rings. The average Bonchev–Trinajstić information content (AvgIpc) is 2.65. The molecule has 0 aliphatic heterocycles. The molecular formula is C14H21NOS. The first kappa shape index (κ1) is 12.7. The number of hydrogen-bond acceptors (Lipinski definition) is 3. The van der Waals surface area contributed by atoms with Gasteiger partial charge in [0.2, 0.25) is 0 Å². The standard InChI is InChI=1S/C14H21NOS/c1-14(2,3)12-9-17-13(15-12)8-10-5-4-6-11(16)7-10/h9-10H,4-8H2,1-3H3. The molecule has 0 saturated heterocycles. The average molecular weight is 251 g/mol. The van der Waals surface area contributed by atoms with Crippen molar-refractivity contribution in [2.45, 2.75) is 58.3 Å². The van der Waals surface area contributed by atoms with E-state index in [9.17, 15) is 4.79 Å². The zero-order valence-electron chi connectivity index (χ0n) is 11.0. The minimum atomic E-state index is 0.136. The number of Topliss-reactive ketones (excluding diaryl/α,β-unsaturated/α-hetero) is 1. The van der Waals surface area contributed by atoms with Crippen LogP contribution in [0.25, 0.3) is 0 Å². The smallest absolute Gasteiger partial charge is 0.133 e. The van der Waals surface area contributed by atoms with Crippen LogP contribution >= 0.6 is 11.3 Å². The Morgan fingerprint density at radius 3 is 2.82 bits per heavy atom. The van der Waals surface area contributed by atoms with Crippen molar-refractivity contribution in [1.82, 2.24) is 4.98 Å². The summed E-state index contributed by atoms with van der Waals surface area (Å²) in [6.45, 7) is 6.57. The highest BCUT2D eigenvalue weighted by atomic mass is 32.1. The van der Waals surface area contributed by atoms with Crippen molar-refractivity contribution in [3.05, 3.63) is 16.1 Å². The summed E-state index contributed by atoms with van der Waals surface area (Å²) < 4.78 is 0. The van der Waals surface area contributed by atoms with Crippen LogP contribution in [0.15, 0.2) is 5.38 Å². The zero-order valence-corrected chi connectivity index (χ0v) is 11.8. The Morgan fingerprint density at radius 2 is 2.24 bits per heavy atom. The van der Waals surface area contributed by atoms with Crippen molar-refractivity contribution in [3.8, 4) is 0 Å². The summed E-state index contributed by atoms with van der Waals surface area (Å²) in [5.74, 6) is 0.976. The van der Waals surface area contributed by atoms with Gasteiger partial charge in [0.1, 0.15) is 5.78 Å². The van der Waals surface area contributed by atoms with Gasteiger partial charge in [-0.3, -0.25) is 4.79 Å². The summed E-state index contributed by atoms with van der Waals surface area (Å²) in [4.78, 5) is 16.1. The minimum absolute atomic E-state index is 0.136. The van der Waals surface area contributed by atoms with Crippen LogP contribution in [0.4, 0.5) is 0 Å². The van der Waals surface area contributed by atoms with Gasteiger partial charge in [-0.1, -0.05) is 20.8 Å². The van der Waals surface area contributed by atoms with Gasteiger partial charge in [-0.05, 0) is 18.8 Å². The third-order valence-electron chi connectivity index (χ3n) is 3.37. The summed E-state index contributed by atoms with van der Waals surface area (Å²) >= 11 is 1.75. The van der Waals surface area contributed by atoms with Gasteiger partial charge < -0.3 is 0 Å². The van der Waals surface area contributed by atoms with E-state index >= 15 is 0 Å². The minimum Gasteiger partial charge on any atom is -0.300 e. The van der Waals surface area contributed by atoms with Gasteiger partial charge in [0.25, 0.3) is 0 Å². The Bertz CT molecular complexity index is 403. The van der Waals surface area contributed by atoms with E-state index in [0.29, 0.717) is 11.7 Å². The predicted molar refractivity (Wildman–Crippen MR) is 71.5 cm³/mol. The Labute approximate surface area is 107 Å². The first-order valence-electron chi connectivity index (χ1n) is 6.42. The zero-order chi connectivity index (χ0) is 12.5. The number of aromatic nitrogens is 1. The number of rotatable bonds is 2. The van der Waals surface area contributed by atoms with Gasteiger partial charge in [0, 0.05) is 30.1 Å². The van der Waals surface area contributed by atoms with E-state index < -0.39 is 0 Å². The molecule has 0 radical (unpaired) electrons. The van der Waals surface area contributed by atoms with Gasteiger partial charge in [-0.25, -0.2) is 4.98 Å². The summed E-state index contributed by atoms with van der Waals surface area (Å²) in [6, 6.07) is 0. The second-order valence-electron chi connectivity index (χ2n) is 6.08. The monoisotopic (exact) mass is 251 g/mol. The highest BCUT2D eigenvalue weighted by Gasteiger charge is 2.22. The Balaban J connectivity index is 1.99. The molecule has 0 aromatic carbocycles.